The average Bonchev–Trinajstić information content (AvgIpc) is 3.72. The molecule has 0 N–H and O–H groups in total. The normalized spacial score (nSPS) is 30.2. The third-order valence-corrected chi connectivity index (χ3v) is 7.91. The number of hydrogen-bond donors (Lipinski definition) is 0. The highest BCUT2D eigenvalue weighted by Crippen LogP contribution is 2.72. The highest BCUT2D eigenvalue weighted by Gasteiger charge is 2.69. The molecule has 3 heteroatoms. The van der Waals surface area contributed by atoms with Gasteiger partial charge in [0, 0.05) is 15.8 Å². The first kappa shape index (κ1) is 20.4. The minimum Gasteiger partial charge on any atom is -0.373 e. The molecule has 1 heterocycles. The average molecular weight is 487 g/mol. The standard InChI is InChI=1S/C29H27BrO2/c30-26-13-11-22(12-14-26)28-29(17-25(29)19-32-28)27(21-9-5-2-6-10-21)31-18-24-16-23(24)15-20-7-3-1-4-8-20/h1-15,24-25,27-28H,16-19H2/b23-15+/t24?,25?,27-,28+,29?/m0/s1. The maximum absolute atomic E-state index is 6.79. The summed E-state index contributed by atoms with van der Waals surface area (Å²) >= 11 is 3.56. The van der Waals surface area contributed by atoms with E-state index in [1.165, 1.54) is 28.7 Å². The topological polar surface area (TPSA) is 18.5 Å². The van der Waals surface area contributed by atoms with Gasteiger partial charge in [0.1, 0.15) is 0 Å². The molecule has 0 aromatic heterocycles. The summed E-state index contributed by atoms with van der Waals surface area (Å²) < 4.78 is 14.3. The molecule has 1 saturated heterocycles. The molecule has 162 valence electrons. The van der Waals surface area contributed by atoms with Crippen LogP contribution in [-0.2, 0) is 9.47 Å². The van der Waals surface area contributed by atoms with Crippen molar-refractivity contribution < 1.29 is 9.47 Å². The molecule has 0 bridgehead atoms. The van der Waals surface area contributed by atoms with E-state index in [1.807, 2.05) is 0 Å². The summed E-state index contributed by atoms with van der Waals surface area (Å²) in [4.78, 5) is 0. The number of ether oxygens (including phenoxy) is 2. The lowest BCUT2D eigenvalue weighted by atomic mass is 9.83. The van der Waals surface area contributed by atoms with Crippen molar-refractivity contribution in [1.29, 1.82) is 0 Å². The van der Waals surface area contributed by atoms with Crippen LogP contribution >= 0.6 is 15.9 Å². The second-order valence-corrected chi connectivity index (χ2v) is 10.3. The van der Waals surface area contributed by atoms with Gasteiger partial charge in [-0.25, -0.2) is 0 Å². The van der Waals surface area contributed by atoms with Gasteiger partial charge in [0.25, 0.3) is 0 Å². The molecule has 3 unspecified atom stereocenters. The first-order valence-corrected chi connectivity index (χ1v) is 12.3. The largest absolute Gasteiger partial charge is 0.373 e. The lowest BCUT2D eigenvalue weighted by molar-refractivity contribution is -0.0530. The molecular weight excluding hydrogens is 460 g/mol. The Morgan fingerprint density at radius 1 is 0.969 bits per heavy atom. The smallest absolute Gasteiger partial charge is 0.0913 e. The van der Waals surface area contributed by atoms with Gasteiger partial charge in [-0.2, -0.15) is 0 Å². The molecule has 2 saturated carbocycles. The Hall–Kier alpha value is -2.20. The summed E-state index contributed by atoms with van der Waals surface area (Å²) in [7, 11) is 0. The molecule has 0 radical (unpaired) electrons. The summed E-state index contributed by atoms with van der Waals surface area (Å²) in [5.74, 6) is 1.10. The monoisotopic (exact) mass is 486 g/mol. The zero-order valence-electron chi connectivity index (χ0n) is 18.0. The lowest BCUT2D eigenvalue weighted by Gasteiger charge is -2.32. The number of fused-ring (bicyclic) bond motifs is 1. The van der Waals surface area contributed by atoms with Gasteiger partial charge in [0.15, 0.2) is 0 Å². The van der Waals surface area contributed by atoms with Crippen molar-refractivity contribution in [2.45, 2.75) is 25.0 Å². The number of benzene rings is 3. The summed E-state index contributed by atoms with van der Waals surface area (Å²) in [6, 6.07) is 30.0. The molecule has 3 aromatic rings. The summed E-state index contributed by atoms with van der Waals surface area (Å²) in [5.41, 5.74) is 5.35. The Morgan fingerprint density at radius 2 is 1.69 bits per heavy atom. The molecule has 32 heavy (non-hydrogen) atoms. The van der Waals surface area contributed by atoms with E-state index in [1.54, 1.807) is 0 Å². The van der Waals surface area contributed by atoms with Crippen LogP contribution in [0.2, 0.25) is 0 Å². The first-order chi connectivity index (χ1) is 15.7. The summed E-state index contributed by atoms with van der Waals surface area (Å²) in [5, 5.41) is 0. The molecule has 0 spiro atoms. The van der Waals surface area contributed by atoms with Crippen LogP contribution in [0.25, 0.3) is 6.08 Å². The van der Waals surface area contributed by atoms with Gasteiger partial charge in [0.2, 0.25) is 0 Å². The van der Waals surface area contributed by atoms with E-state index in [0.29, 0.717) is 11.8 Å². The van der Waals surface area contributed by atoms with E-state index in [9.17, 15) is 0 Å². The van der Waals surface area contributed by atoms with E-state index < -0.39 is 0 Å². The highest BCUT2D eigenvalue weighted by molar-refractivity contribution is 9.10. The second kappa shape index (κ2) is 8.30. The van der Waals surface area contributed by atoms with Crippen LogP contribution < -0.4 is 0 Å². The van der Waals surface area contributed by atoms with Gasteiger partial charge < -0.3 is 9.47 Å². The minimum atomic E-state index is 0.0351. The number of rotatable bonds is 7. The molecule has 2 aliphatic carbocycles. The van der Waals surface area contributed by atoms with E-state index in [0.717, 1.165) is 24.1 Å². The van der Waals surface area contributed by atoms with Crippen molar-refractivity contribution in [2.75, 3.05) is 13.2 Å². The first-order valence-electron chi connectivity index (χ1n) is 11.5. The van der Waals surface area contributed by atoms with Crippen LogP contribution in [0.5, 0.6) is 0 Å². The Bertz CT molecular complexity index is 1110. The van der Waals surface area contributed by atoms with Crippen molar-refractivity contribution in [3.05, 3.63) is 112 Å². The third kappa shape index (κ3) is 3.77. The zero-order chi connectivity index (χ0) is 21.5. The van der Waals surface area contributed by atoms with Gasteiger partial charge >= 0.3 is 0 Å². The molecule has 5 atom stereocenters. The summed E-state index contributed by atoms with van der Waals surface area (Å²) in [6.07, 6.45) is 4.78. The van der Waals surface area contributed by atoms with E-state index in [-0.39, 0.29) is 17.6 Å². The molecule has 3 aromatic carbocycles. The fourth-order valence-electron chi connectivity index (χ4n) is 5.51. The Balaban J connectivity index is 1.24. The van der Waals surface area contributed by atoms with Gasteiger partial charge in [-0.05, 0) is 47.6 Å². The van der Waals surface area contributed by atoms with Crippen molar-refractivity contribution in [2.24, 2.45) is 17.3 Å². The minimum absolute atomic E-state index is 0.0351. The van der Waals surface area contributed by atoms with E-state index in [2.05, 4.69) is 107 Å². The van der Waals surface area contributed by atoms with E-state index >= 15 is 0 Å². The Kier molecular flexibility index (Phi) is 5.29. The fourth-order valence-corrected chi connectivity index (χ4v) is 5.77. The van der Waals surface area contributed by atoms with Gasteiger partial charge in [-0.1, -0.05) is 100 Å². The summed E-state index contributed by atoms with van der Waals surface area (Å²) in [6.45, 7) is 1.61. The predicted molar refractivity (Wildman–Crippen MR) is 131 cm³/mol. The number of halogens is 1. The predicted octanol–water partition coefficient (Wildman–Crippen LogP) is 7.39. The molecule has 0 amide bonds. The van der Waals surface area contributed by atoms with E-state index in [4.69, 9.17) is 9.47 Å². The highest BCUT2D eigenvalue weighted by atomic mass is 79.9. The number of hydrogen-bond acceptors (Lipinski definition) is 2. The quantitative estimate of drug-likeness (QED) is 0.346. The molecular formula is C29H27BrO2. The van der Waals surface area contributed by atoms with Crippen molar-refractivity contribution >= 4 is 22.0 Å². The van der Waals surface area contributed by atoms with Crippen LogP contribution in [0, 0.1) is 17.3 Å². The second-order valence-electron chi connectivity index (χ2n) is 9.43. The molecule has 2 nitrogen and oxygen atoms in total. The maximum atomic E-state index is 6.79. The van der Waals surface area contributed by atoms with Gasteiger partial charge in [-0.3, -0.25) is 0 Å². The van der Waals surface area contributed by atoms with Crippen molar-refractivity contribution in [3.63, 3.8) is 0 Å². The van der Waals surface area contributed by atoms with Crippen LogP contribution in [0.4, 0.5) is 0 Å². The van der Waals surface area contributed by atoms with Crippen molar-refractivity contribution in [3.8, 4) is 0 Å². The molecule has 6 rings (SSSR count). The SMILES string of the molecule is Brc1ccc([C@H]2OCC3CC32[C@@H](OCC2C/C2=C\c2ccccc2)c2ccccc2)cc1. The van der Waals surface area contributed by atoms with Gasteiger partial charge in [-0.15, -0.1) is 0 Å². The lowest BCUT2D eigenvalue weighted by Crippen LogP contribution is -2.25. The molecule has 1 aliphatic heterocycles. The third-order valence-electron chi connectivity index (χ3n) is 7.38. The maximum Gasteiger partial charge on any atom is 0.0913 e. The van der Waals surface area contributed by atoms with Crippen LogP contribution in [-0.4, -0.2) is 13.2 Å². The molecule has 3 fully saturated rings. The van der Waals surface area contributed by atoms with Crippen molar-refractivity contribution in [1.82, 2.24) is 0 Å². The van der Waals surface area contributed by atoms with Crippen LogP contribution in [0.1, 0.15) is 41.7 Å². The fraction of sp³-hybridized carbons (Fsp3) is 0.310. The Labute approximate surface area is 198 Å². The van der Waals surface area contributed by atoms with Crippen LogP contribution in [0.3, 0.4) is 0 Å². The Morgan fingerprint density at radius 3 is 2.41 bits per heavy atom. The zero-order valence-corrected chi connectivity index (χ0v) is 19.6. The van der Waals surface area contributed by atoms with Gasteiger partial charge in [0.05, 0.1) is 25.4 Å². The van der Waals surface area contributed by atoms with Crippen LogP contribution in [0.15, 0.2) is 95.0 Å². The molecule has 3 aliphatic rings.